The van der Waals surface area contributed by atoms with Gasteiger partial charge in [0.25, 0.3) is 0 Å². The molecule has 7 heteroatoms. The van der Waals surface area contributed by atoms with Crippen molar-refractivity contribution >= 4 is 41.9 Å². The van der Waals surface area contributed by atoms with Crippen LogP contribution in [0.4, 0.5) is 0 Å². The largest absolute Gasteiger partial charge is 0.259 e. The van der Waals surface area contributed by atoms with Gasteiger partial charge in [-0.1, -0.05) is 52.3 Å². The fraction of sp³-hybridized carbons (Fsp3) is 0.0556. The summed E-state index contributed by atoms with van der Waals surface area (Å²) in [5.74, 6) is 0. The van der Waals surface area contributed by atoms with Gasteiger partial charge in [-0.05, 0) is 51.8 Å². The minimum absolute atomic E-state index is 0.174. The van der Waals surface area contributed by atoms with Crippen molar-refractivity contribution in [1.82, 2.24) is 9.71 Å². The van der Waals surface area contributed by atoms with Crippen molar-refractivity contribution in [2.75, 3.05) is 0 Å². The van der Waals surface area contributed by atoms with E-state index in [1.165, 1.54) is 0 Å². The zero-order chi connectivity index (χ0) is 17.9. The molecule has 0 spiro atoms. The fourth-order valence-corrected chi connectivity index (χ4v) is 5.35. The van der Waals surface area contributed by atoms with Gasteiger partial charge in [0.05, 0.1) is 16.6 Å². The topological polar surface area (TPSA) is 59.1 Å². The second-order valence-electron chi connectivity index (χ2n) is 5.29. The number of nitrogens with zero attached hydrogens (tertiary/aromatic N) is 1. The van der Waals surface area contributed by atoms with Crippen molar-refractivity contribution < 1.29 is 8.42 Å². The number of hydrogen-bond donors (Lipinski definition) is 1. The van der Waals surface area contributed by atoms with E-state index in [1.54, 1.807) is 36.5 Å². The zero-order valence-corrected chi connectivity index (χ0v) is 16.9. The summed E-state index contributed by atoms with van der Waals surface area (Å²) >= 11 is 6.65. The fourth-order valence-electron chi connectivity index (χ4n) is 2.40. The van der Waals surface area contributed by atoms with E-state index in [1.807, 2.05) is 36.4 Å². The lowest BCUT2D eigenvalue weighted by Crippen LogP contribution is -2.30. The molecular weight excluding hydrogens is 468 g/mol. The average Bonchev–Trinajstić information content (AvgIpc) is 2.61. The van der Waals surface area contributed by atoms with Gasteiger partial charge in [0.2, 0.25) is 10.0 Å². The van der Waals surface area contributed by atoms with E-state index in [-0.39, 0.29) is 4.90 Å². The minimum Gasteiger partial charge on any atom is -0.259 e. The molecule has 1 aromatic heterocycles. The molecule has 1 heterocycles. The highest BCUT2D eigenvalue weighted by molar-refractivity contribution is 9.11. The predicted octanol–water partition coefficient (Wildman–Crippen LogP) is 4.67. The van der Waals surface area contributed by atoms with Gasteiger partial charge in [0, 0.05) is 15.1 Å². The molecule has 0 bridgehead atoms. The van der Waals surface area contributed by atoms with Crippen molar-refractivity contribution in [3.63, 3.8) is 0 Å². The Morgan fingerprint density at radius 2 is 1.64 bits per heavy atom. The molecule has 2 aromatic carbocycles. The van der Waals surface area contributed by atoms with Crippen LogP contribution in [-0.2, 0) is 10.0 Å². The molecule has 25 heavy (non-hydrogen) atoms. The van der Waals surface area contributed by atoms with E-state index in [2.05, 4.69) is 41.6 Å². The predicted molar refractivity (Wildman–Crippen MR) is 105 cm³/mol. The molecule has 0 aliphatic carbocycles. The third-order valence-corrected chi connectivity index (χ3v) is 6.47. The number of halogens is 2. The average molecular weight is 482 g/mol. The van der Waals surface area contributed by atoms with Crippen LogP contribution in [0.1, 0.15) is 17.3 Å². The second kappa shape index (κ2) is 7.78. The summed E-state index contributed by atoms with van der Waals surface area (Å²) in [6.07, 6.45) is 1.65. The Morgan fingerprint density at radius 3 is 2.28 bits per heavy atom. The normalized spacial score (nSPS) is 12.7. The smallest absolute Gasteiger partial charge is 0.242 e. The summed E-state index contributed by atoms with van der Waals surface area (Å²) in [4.78, 5) is 4.50. The Labute approximate surface area is 163 Å². The number of nitrogens with one attached hydrogen (secondary N) is 1. The van der Waals surface area contributed by atoms with E-state index >= 15 is 0 Å². The number of pyridine rings is 1. The first kappa shape index (κ1) is 18.3. The van der Waals surface area contributed by atoms with Gasteiger partial charge in [-0.3, -0.25) is 4.98 Å². The summed E-state index contributed by atoms with van der Waals surface area (Å²) < 4.78 is 29.9. The van der Waals surface area contributed by atoms with Crippen LogP contribution < -0.4 is 4.72 Å². The molecule has 0 amide bonds. The third-order valence-electron chi connectivity index (χ3n) is 3.57. The van der Waals surface area contributed by atoms with Crippen molar-refractivity contribution in [3.05, 3.63) is 93.1 Å². The molecule has 4 nitrogen and oxygen atoms in total. The van der Waals surface area contributed by atoms with Gasteiger partial charge in [-0.2, -0.15) is 4.72 Å². The first-order valence-electron chi connectivity index (χ1n) is 7.40. The summed E-state index contributed by atoms with van der Waals surface area (Å²) in [5, 5.41) is 0. The van der Waals surface area contributed by atoms with E-state index in [4.69, 9.17) is 0 Å². The number of rotatable bonds is 5. The molecular formula is C18H14Br2N2O2S. The standard InChI is InChI=1S/C18H14Br2N2O2S/c19-14-9-10-17(15(20)12-14)25(23,24)22-18(13-6-2-1-3-7-13)16-8-4-5-11-21-16/h1-12,18,22H. The molecule has 3 rings (SSSR count). The van der Waals surface area contributed by atoms with Crippen molar-refractivity contribution in [2.45, 2.75) is 10.9 Å². The highest BCUT2D eigenvalue weighted by Gasteiger charge is 2.25. The summed E-state index contributed by atoms with van der Waals surface area (Å²) in [5.41, 5.74) is 1.45. The Balaban J connectivity index is 2.03. The van der Waals surface area contributed by atoms with Crippen LogP contribution >= 0.6 is 31.9 Å². The van der Waals surface area contributed by atoms with Gasteiger partial charge in [-0.25, -0.2) is 8.42 Å². The van der Waals surface area contributed by atoms with Crippen LogP contribution in [0, 0.1) is 0 Å². The maximum Gasteiger partial charge on any atom is 0.242 e. The molecule has 0 radical (unpaired) electrons. The van der Waals surface area contributed by atoms with E-state index in [0.29, 0.717) is 10.2 Å². The molecule has 1 atom stereocenters. The van der Waals surface area contributed by atoms with Gasteiger partial charge < -0.3 is 0 Å². The first-order valence-corrected chi connectivity index (χ1v) is 10.5. The summed E-state index contributed by atoms with van der Waals surface area (Å²) in [7, 11) is -3.76. The summed E-state index contributed by atoms with van der Waals surface area (Å²) in [6.45, 7) is 0. The van der Waals surface area contributed by atoms with Crippen LogP contribution in [0.2, 0.25) is 0 Å². The van der Waals surface area contributed by atoms with Crippen LogP contribution in [-0.4, -0.2) is 13.4 Å². The van der Waals surface area contributed by atoms with Crippen LogP contribution in [0.5, 0.6) is 0 Å². The molecule has 0 aliphatic rings. The Bertz CT molecular complexity index is 925. The lowest BCUT2D eigenvalue weighted by Gasteiger charge is -2.19. The molecule has 0 saturated carbocycles. The highest BCUT2D eigenvalue weighted by atomic mass is 79.9. The maximum atomic E-state index is 12.9. The molecule has 0 aliphatic heterocycles. The molecule has 1 N–H and O–H groups in total. The van der Waals surface area contributed by atoms with Crippen LogP contribution in [0.15, 0.2) is 86.8 Å². The number of aromatic nitrogens is 1. The third kappa shape index (κ3) is 4.36. The molecule has 1 unspecified atom stereocenters. The van der Waals surface area contributed by atoms with E-state index < -0.39 is 16.1 Å². The minimum atomic E-state index is -3.76. The van der Waals surface area contributed by atoms with Crippen LogP contribution in [0.3, 0.4) is 0 Å². The second-order valence-corrected chi connectivity index (χ2v) is 8.75. The highest BCUT2D eigenvalue weighted by Crippen LogP contribution is 2.28. The van der Waals surface area contributed by atoms with Crippen molar-refractivity contribution in [1.29, 1.82) is 0 Å². The molecule has 3 aromatic rings. The Hall–Kier alpha value is -1.54. The van der Waals surface area contributed by atoms with Crippen LogP contribution in [0.25, 0.3) is 0 Å². The lowest BCUT2D eigenvalue weighted by molar-refractivity contribution is 0.569. The summed E-state index contributed by atoms with van der Waals surface area (Å²) in [6, 6.07) is 19.2. The van der Waals surface area contributed by atoms with E-state index in [9.17, 15) is 8.42 Å². The quantitative estimate of drug-likeness (QED) is 0.575. The maximum absolute atomic E-state index is 12.9. The Morgan fingerprint density at radius 1 is 0.920 bits per heavy atom. The van der Waals surface area contributed by atoms with Crippen molar-refractivity contribution in [3.8, 4) is 0 Å². The number of hydrogen-bond acceptors (Lipinski definition) is 3. The van der Waals surface area contributed by atoms with Gasteiger partial charge in [-0.15, -0.1) is 0 Å². The SMILES string of the molecule is O=S(=O)(NC(c1ccccc1)c1ccccn1)c1ccc(Br)cc1Br. The van der Waals surface area contributed by atoms with Gasteiger partial charge >= 0.3 is 0 Å². The van der Waals surface area contributed by atoms with E-state index in [0.717, 1.165) is 10.0 Å². The Kier molecular flexibility index (Phi) is 5.68. The number of sulfonamides is 1. The number of benzene rings is 2. The molecule has 0 saturated heterocycles. The monoisotopic (exact) mass is 480 g/mol. The van der Waals surface area contributed by atoms with Gasteiger partial charge in [0.1, 0.15) is 0 Å². The molecule has 128 valence electrons. The molecule has 0 fully saturated rings. The van der Waals surface area contributed by atoms with Crippen molar-refractivity contribution in [2.24, 2.45) is 0 Å². The lowest BCUT2D eigenvalue weighted by atomic mass is 10.0. The zero-order valence-electron chi connectivity index (χ0n) is 12.9. The first-order chi connectivity index (χ1) is 12.0. The van der Waals surface area contributed by atoms with Gasteiger partial charge in [0.15, 0.2) is 0 Å².